The number of hydrogen-bond donors (Lipinski definition) is 1. The molecule has 1 aliphatic rings. The van der Waals surface area contributed by atoms with E-state index in [1.807, 2.05) is 4.68 Å². The summed E-state index contributed by atoms with van der Waals surface area (Å²) < 4.78 is 36.4. The number of hydrogen-bond acceptors (Lipinski definition) is 5. The molecule has 0 aliphatic carbocycles. The summed E-state index contributed by atoms with van der Waals surface area (Å²) in [5, 5.41) is 8.47. The van der Waals surface area contributed by atoms with Crippen LogP contribution in [0.1, 0.15) is 22.6 Å². The number of fused-ring (bicyclic) bond motifs is 1. The molecule has 8 nitrogen and oxygen atoms in total. The van der Waals surface area contributed by atoms with E-state index in [9.17, 15) is 8.42 Å². The Labute approximate surface area is 135 Å². The van der Waals surface area contributed by atoms with Gasteiger partial charge < -0.3 is 4.74 Å². The summed E-state index contributed by atoms with van der Waals surface area (Å²) in [6, 6.07) is 0. The highest BCUT2D eigenvalue weighted by Crippen LogP contribution is 2.18. The lowest BCUT2D eigenvalue weighted by atomic mass is 10.2. The molecule has 2 aromatic heterocycles. The number of nitrogens with one attached hydrogen (secondary N) is 1. The minimum Gasteiger partial charge on any atom is -0.376 e. The van der Waals surface area contributed by atoms with Gasteiger partial charge >= 0.3 is 0 Å². The summed E-state index contributed by atoms with van der Waals surface area (Å²) >= 11 is 0. The lowest BCUT2D eigenvalue weighted by Gasteiger charge is -2.15. The Morgan fingerprint density at radius 1 is 1.39 bits per heavy atom. The Hall–Kier alpha value is -1.71. The maximum atomic E-state index is 12.5. The third kappa shape index (κ3) is 3.04. The molecule has 0 saturated heterocycles. The van der Waals surface area contributed by atoms with Crippen LogP contribution in [0.5, 0.6) is 0 Å². The molecule has 2 aromatic rings. The minimum absolute atomic E-state index is 0.260. The number of aromatic nitrogens is 4. The van der Waals surface area contributed by atoms with Gasteiger partial charge in [-0.2, -0.15) is 10.2 Å². The highest BCUT2D eigenvalue weighted by Gasteiger charge is 2.23. The van der Waals surface area contributed by atoms with Crippen molar-refractivity contribution in [1.82, 2.24) is 24.3 Å². The van der Waals surface area contributed by atoms with Crippen LogP contribution in [0.2, 0.25) is 0 Å². The number of sulfonamides is 1. The molecule has 0 saturated carbocycles. The van der Waals surface area contributed by atoms with Crippen molar-refractivity contribution in [2.45, 2.75) is 38.3 Å². The van der Waals surface area contributed by atoms with Crippen LogP contribution < -0.4 is 4.72 Å². The smallest absolute Gasteiger partial charge is 0.244 e. The second-order valence-electron chi connectivity index (χ2n) is 5.66. The van der Waals surface area contributed by atoms with Crippen LogP contribution in [0.3, 0.4) is 0 Å². The SMILES string of the molecule is Cc1nn(C)c(C)c1S(=O)(=O)NCCn1ncc2c1CCOC2. The summed E-state index contributed by atoms with van der Waals surface area (Å²) in [6.07, 6.45) is 2.60. The monoisotopic (exact) mass is 339 g/mol. The van der Waals surface area contributed by atoms with Crippen LogP contribution in [0, 0.1) is 13.8 Å². The number of nitrogens with zero attached hydrogens (tertiary/aromatic N) is 4. The van der Waals surface area contributed by atoms with Gasteiger partial charge in [-0.25, -0.2) is 13.1 Å². The van der Waals surface area contributed by atoms with Gasteiger partial charge in [-0.15, -0.1) is 0 Å². The molecule has 0 spiro atoms. The first-order valence-electron chi connectivity index (χ1n) is 7.51. The second kappa shape index (κ2) is 6.06. The fourth-order valence-corrected chi connectivity index (χ4v) is 4.36. The summed E-state index contributed by atoms with van der Waals surface area (Å²) in [6.45, 7) is 5.48. The number of aryl methyl sites for hydroxylation is 2. The van der Waals surface area contributed by atoms with E-state index in [2.05, 4.69) is 14.9 Å². The quantitative estimate of drug-likeness (QED) is 0.845. The van der Waals surface area contributed by atoms with Gasteiger partial charge in [-0.3, -0.25) is 9.36 Å². The largest absolute Gasteiger partial charge is 0.376 e. The maximum absolute atomic E-state index is 12.5. The molecule has 9 heteroatoms. The fraction of sp³-hybridized carbons (Fsp3) is 0.571. The van der Waals surface area contributed by atoms with Crippen molar-refractivity contribution in [1.29, 1.82) is 0 Å². The Balaban J connectivity index is 1.69. The second-order valence-corrected chi connectivity index (χ2v) is 7.37. The number of ether oxygens (including phenoxy) is 1. The predicted octanol–water partition coefficient (Wildman–Crippen LogP) is 0.285. The molecule has 3 rings (SSSR count). The van der Waals surface area contributed by atoms with Gasteiger partial charge in [0.2, 0.25) is 10.0 Å². The molecule has 1 N–H and O–H groups in total. The van der Waals surface area contributed by atoms with Crippen LogP contribution >= 0.6 is 0 Å². The molecule has 0 unspecified atom stereocenters. The molecule has 0 radical (unpaired) electrons. The van der Waals surface area contributed by atoms with Gasteiger partial charge in [0.15, 0.2) is 0 Å². The van der Waals surface area contributed by atoms with Crippen LogP contribution in [0.4, 0.5) is 0 Å². The van der Waals surface area contributed by atoms with E-state index in [-0.39, 0.29) is 11.4 Å². The van der Waals surface area contributed by atoms with Gasteiger partial charge in [-0.1, -0.05) is 0 Å². The summed E-state index contributed by atoms with van der Waals surface area (Å²) in [5.41, 5.74) is 3.34. The lowest BCUT2D eigenvalue weighted by molar-refractivity contribution is 0.109. The van der Waals surface area contributed by atoms with E-state index in [0.29, 0.717) is 31.1 Å². The zero-order valence-electron chi connectivity index (χ0n) is 13.5. The molecule has 0 fully saturated rings. The normalized spacial score (nSPS) is 14.9. The third-order valence-corrected chi connectivity index (χ3v) is 5.82. The van der Waals surface area contributed by atoms with Crippen molar-refractivity contribution >= 4 is 10.0 Å². The summed E-state index contributed by atoms with van der Waals surface area (Å²) in [5.74, 6) is 0. The molecule has 0 amide bonds. The van der Waals surface area contributed by atoms with E-state index >= 15 is 0 Å². The Kier molecular flexibility index (Phi) is 4.26. The van der Waals surface area contributed by atoms with Gasteiger partial charge in [0.05, 0.1) is 37.3 Å². The molecule has 3 heterocycles. The first-order valence-corrected chi connectivity index (χ1v) is 8.99. The Bertz CT molecular complexity index is 822. The topological polar surface area (TPSA) is 91.0 Å². The standard InChI is InChI=1S/C14H21N5O3S/c1-10-14(11(2)18(3)17-10)23(20,21)16-5-6-19-13-4-7-22-9-12(13)8-15-19/h8,16H,4-7,9H2,1-3H3. The third-order valence-electron chi connectivity index (χ3n) is 4.10. The molecular weight excluding hydrogens is 318 g/mol. The maximum Gasteiger partial charge on any atom is 0.244 e. The predicted molar refractivity (Wildman–Crippen MR) is 83.5 cm³/mol. The highest BCUT2D eigenvalue weighted by atomic mass is 32.2. The van der Waals surface area contributed by atoms with E-state index in [0.717, 1.165) is 17.7 Å². The summed E-state index contributed by atoms with van der Waals surface area (Å²) in [4.78, 5) is 0.260. The van der Waals surface area contributed by atoms with E-state index in [4.69, 9.17) is 4.74 Å². The molecule has 0 atom stereocenters. The van der Waals surface area contributed by atoms with E-state index in [1.54, 1.807) is 31.8 Å². The van der Waals surface area contributed by atoms with Crippen LogP contribution in [-0.2, 0) is 41.4 Å². The zero-order valence-corrected chi connectivity index (χ0v) is 14.4. The van der Waals surface area contributed by atoms with E-state index < -0.39 is 10.0 Å². The Morgan fingerprint density at radius 2 is 2.17 bits per heavy atom. The van der Waals surface area contributed by atoms with Gasteiger partial charge in [0, 0.05) is 31.3 Å². The highest BCUT2D eigenvalue weighted by molar-refractivity contribution is 7.89. The van der Waals surface area contributed by atoms with Crippen LogP contribution in [0.25, 0.3) is 0 Å². The van der Waals surface area contributed by atoms with Gasteiger partial charge in [-0.05, 0) is 13.8 Å². The molecular formula is C14H21N5O3S. The summed E-state index contributed by atoms with van der Waals surface area (Å²) in [7, 11) is -1.84. The fourth-order valence-electron chi connectivity index (χ4n) is 2.90. The van der Waals surface area contributed by atoms with Crippen molar-refractivity contribution < 1.29 is 13.2 Å². The van der Waals surface area contributed by atoms with Crippen molar-refractivity contribution in [3.8, 4) is 0 Å². The average molecular weight is 339 g/mol. The Morgan fingerprint density at radius 3 is 2.87 bits per heavy atom. The van der Waals surface area contributed by atoms with Crippen LogP contribution in [-0.4, -0.2) is 41.1 Å². The molecule has 23 heavy (non-hydrogen) atoms. The lowest BCUT2D eigenvalue weighted by Crippen LogP contribution is -2.29. The first-order chi connectivity index (χ1) is 10.9. The molecule has 0 aromatic carbocycles. The van der Waals surface area contributed by atoms with Crippen molar-refractivity contribution in [3.63, 3.8) is 0 Å². The molecule has 0 bridgehead atoms. The molecule has 126 valence electrons. The van der Waals surface area contributed by atoms with Crippen LogP contribution in [0.15, 0.2) is 11.1 Å². The van der Waals surface area contributed by atoms with Gasteiger partial charge in [0.25, 0.3) is 0 Å². The first kappa shape index (κ1) is 16.2. The van der Waals surface area contributed by atoms with Crippen molar-refractivity contribution in [2.75, 3.05) is 13.2 Å². The van der Waals surface area contributed by atoms with Gasteiger partial charge in [0.1, 0.15) is 4.90 Å². The molecule has 1 aliphatic heterocycles. The van der Waals surface area contributed by atoms with Crippen molar-refractivity contribution in [2.24, 2.45) is 7.05 Å². The average Bonchev–Trinajstić information content (AvgIpc) is 3.01. The minimum atomic E-state index is -3.57. The van der Waals surface area contributed by atoms with Crippen molar-refractivity contribution in [3.05, 3.63) is 28.8 Å². The number of rotatable bonds is 5. The van der Waals surface area contributed by atoms with E-state index in [1.165, 1.54) is 0 Å². The zero-order chi connectivity index (χ0) is 16.6.